The molecule has 2 N–H and O–H groups in total. The van der Waals surface area contributed by atoms with Crippen LogP contribution in [0, 0.1) is 0 Å². The zero-order chi connectivity index (χ0) is 17.0. The second-order valence-corrected chi connectivity index (χ2v) is 5.07. The highest BCUT2D eigenvalue weighted by Crippen LogP contribution is 2.27. The van der Waals surface area contributed by atoms with Crippen molar-refractivity contribution in [2.24, 2.45) is 0 Å². The van der Waals surface area contributed by atoms with Crippen molar-refractivity contribution in [3.05, 3.63) is 53.7 Å². The molecule has 0 saturated carbocycles. The molecule has 0 aliphatic carbocycles. The molecular formula is C15H15F3N2O3. The van der Waals surface area contributed by atoms with Gasteiger partial charge < -0.3 is 14.8 Å². The van der Waals surface area contributed by atoms with Gasteiger partial charge in [0.2, 0.25) is 0 Å². The maximum atomic E-state index is 12.4. The molecule has 0 spiro atoms. The van der Waals surface area contributed by atoms with Gasteiger partial charge in [-0.2, -0.15) is 13.2 Å². The number of aliphatic hydroxyl groups is 1. The maximum absolute atomic E-state index is 12.4. The van der Waals surface area contributed by atoms with Gasteiger partial charge in [-0.05, 0) is 31.2 Å². The fourth-order valence-corrected chi connectivity index (χ4v) is 1.99. The molecule has 2 heterocycles. The van der Waals surface area contributed by atoms with E-state index in [1.807, 2.05) is 0 Å². The lowest BCUT2D eigenvalue weighted by Gasteiger charge is -2.16. The summed E-state index contributed by atoms with van der Waals surface area (Å²) in [6, 6.07) is 4.64. The average Bonchev–Trinajstić information content (AvgIpc) is 3.00. The van der Waals surface area contributed by atoms with Crippen LogP contribution in [0.15, 0.2) is 41.1 Å². The number of hydrogen-bond donors (Lipinski definition) is 2. The first-order chi connectivity index (χ1) is 10.8. The van der Waals surface area contributed by atoms with Gasteiger partial charge >= 0.3 is 6.18 Å². The molecule has 5 nitrogen and oxygen atoms in total. The summed E-state index contributed by atoms with van der Waals surface area (Å²) in [6.45, 7) is 1.67. The second kappa shape index (κ2) is 6.82. The highest BCUT2D eigenvalue weighted by Gasteiger charge is 2.32. The Kier molecular flexibility index (Phi) is 5.05. The summed E-state index contributed by atoms with van der Waals surface area (Å²) < 4.78 is 42.3. The number of amides is 1. The summed E-state index contributed by atoms with van der Waals surface area (Å²) in [7, 11) is 0. The van der Waals surface area contributed by atoms with E-state index in [2.05, 4.69) is 10.3 Å². The number of rotatable bonds is 5. The highest BCUT2D eigenvalue weighted by atomic mass is 19.4. The number of aliphatic hydroxyl groups excluding tert-OH is 1. The van der Waals surface area contributed by atoms with E-state index in [1.165, 1.54) is 6.26 Å². The van der Waals surface area contributed by atoms with Gasteiger partial charge in [0.15, 0.2) is 0 Å². The summed E-state index contributed by atoms with van der Waals surface area (Å²) in [5, 5.41) is 12.5. The molecule has 2 rings (SSSR count). The number of nitrogens with zero attached hydrogens (tertiary/aromatic N) is 1. The Hall–Kier alpha value is -2.35. The number of halogens is 3. The van der Waals surface area contributed by atoms with Gasteiger partial charge in [-0.15, -0.1) is 0 Å². The van der Waals surface area contributed by atoms with Crippen molar-refractivity contribution < 1.29 is 27.5 Å². The van der Waals surface area contributed by atoms with Crippen molar-refractivity contribution in [2.45, 2.75) is 31.7 Å². The molecule has 0 aromatic carbocycles. The summed E-state index contributed by atoms with van der Waals surface area (Å²) in [5.41, 5.74) is -1.05. The van der Waals surface area contributed by atoms with Crippen molar-refractivity contribution >= 4 is 5.91 Å². The van der Waals surface area contributed by atoms with E-state index in [0.717, 1.165) is 18.3 Å². The normalized spacial score (nSPS) is 14.3. The molecular weight excluding hydrogens is 313 g/mol. The molecule has 0 fully saturated rings. The zero-order valence-electron chi connectivity index (χ0n) is 12.2. The molecule has 2 aromatic heterocycles. The van der Waals surface area contributed by atoms with Crippen LogP contribution in [0.2, 0.25) is 0 Å². The zero-order valence-corrected chi connectivity index (χ0v) is 12.2. The summed E-state index contributed by atoms with van der Waals surface area (Å²) >= 11 is 0. The van der Waals surface area contributed by atoms with E-state index in [1.54, 1.807) is 19.1 Å². The quantitative estimate of drug-likeness (QED) is 0.885. The first-order valence-electron chi connectivity index (χ1n) is 6.83. The van der Waals surface area contributed by atoms with Gasteiger partial charge in [-0.3, -0.25) is 9.78 Å². The minimum absolute atomic E-state index is 0.0114. The third-order valence-electron chi connectivity index (χ3n) is 3.14. The molecule has 124 valence electrons. The van der Waals surface area contributed by atoms with E-state index < -0.39 is 29.9 Å². The van der Waals surface area contributed by atoms with Crippen LogP contribution in [0.1, 0.15) is 41.3 Å². The van der Waals surface area contributed by atoms with Crippen LogP contribution < -0.4 is 5.32 Å². The summed E-state index contributed by atoms with van der Waals surface area (Å²) in [5.74, 6) is -0.187. The molecule has 0 aliphatic rings. The minimum atomic E-state index is -4.55. The summed E-state index contributed by atoms with van der Waals surface area (Å²) in [4.78, 5) is 15.2. The number of furan rings is 1. The molecule has 0 saturated heterocycles. The number of aromatic nitrogens is 1. The Bertz CT molecular complexity index is 639. The Morgan fingerprint density at radius 1 is 1.39 bits per heavy atom. The van der Waals surface area contributed by atoms with E-state index in [0.29, 0.717) is 5.76 Å². The molecule has 2 atom stereocenters. The molecule has 2 aromatic rings. The number of carbonyl (C=O) groups excluding carboxylic acids is 1. The van der Waals surface area contributed by atoms with Gasteiger partial charge in [0.25, 0.3) is 5.91 Å². The van der Waals surface area contributed by atoms with Crippen LogP contribution in [0.25, 0.3) is 0 Å². The van der Waals surface area contributed by atoms with Crippen LogP contribution in [-0.4, -0.2) is 22.0 Å². The SMILES string of the molecule is C[C@H](C[C@H](O)c1ccco1)NC(=O)c1ccc(C(F)(F)F)nc1. The minimum Gasteiger partial charge on any atom is -0.467 e. The van der Waals surface area contributed by atoms with Crippen LogP contribution in [0.3, 0.4) is 0 Å². The van der Waals surface area contributed by atoms with E-state index >= 15 is 0 Å². The molecule has 0 bridgehead atoms. The third-order valence-corrected chi connectivity index (χ3v) is 3.14. The predicted octanol–water partition coefficient (Wildman–Crippen LogP) is 2.94. The Morgan fingerprint density at radius 3 is 2.65 bits per heavy atom. The van der Waals surface area contributed by atoms with Crippen LogP contribution in [-0.2, 0) is 6.18 Å². The van der Waals surface area contributed by atoms with E-state index in [-0.39, 0.29) is 12.0 Å². The van der Waals surface area contributed by atoms with Crippen molar-refractivity contribution in [3.63, 3.8) is 0 Å². The highest BCUT2D eigenvalue weighted by molar-refractivity contribution is 5.94. The Labute approximate surface area is 130 Å². The van der Waals surface area contributed by atoms with Gasteiger partial charge in [-0.1, -0.05) is 0 Å². The van der Waals surface area contributed by atoms with E-state index in [4.69, 9.17) is 4.42 Å². The number of carbonyl (C=O) groups is 1. The van der Waals surface area contributed by atoms with Crippen LogP contribution in [0.4, 0.5) is 13.2 Å². The monoisotopic (exact) mass is 328 g/mol. The number of pyridine rings is 1. The Balaban J connectivity index is 1.93. The molecule has 23 heavy (non-hydrogen) atoms. The fraction of sp³-hybridized carbons (Fsp3) is 0.333. The maximum Gasteiger partial charge on any atom is 0.433 e. The fourth-order valence-electron chi connectivity index (χ4n) is 1.99. The average molecular weight is 328 g/mol. The molecule has 0 unspecified atom stereocenters. The van der Waals surface area contributed by atoms with Crippen LogP contribution >= 0.6 is 0 Å². The number of nitrogens with one attached hydrogen (secondary N) is 1. The van der Waals surface area contributed by atoms with Crippen molar-refractivity contribution in [3.8, 4) is 0 Å². The third kappa shape index (κ3) is 4.56. The summed E-state index contributed by atoms with van der Waals surface area (Å²) in [6.07, 6.45) is -2.93. The second-order valence-electron chi connectivity index (χ2n) is 5.07. The lowest BCUT2D eigenvalue weighted by atomic mass is 10.1. The smallest absolute Gasteiger partial charge is 0.433 e. The molecule has 0 radical (unpaired) electrons. The first-order valence-corrected chi connectivity index (χ1v) is 6.83. The van der Waals surface area contributed by atoms with Crippen molar-refractivity contribution in [1.82, 2.24) is 10.3 Å². The van der Waals surface area contributed by atoms with E-state index in [9.17, 15) is 23.1 Å². The van der Waals surface area contributed by atoms with Gasteiger partial charge in [0.05, 0.1) is 11.8 Å². The molecule has 1 amide bonds. The topological polar surface area (TPSA) is 75.4 Å². The number of hydrogen-bond acceptors (Lipinski definition) is 4. The number of alkyl halides is 3. The Morgan fingerprint density at radius 2 is 2.13 bits per heavy atom. The lowest BCUT2D eigenvalue weighted by molar-refractivity contribution is -0.141. The van der Waals surface area contributed by atoms with Crippen LogP contribution in [0.5, 0.6) is 0 Å². The molecule has 0 aliphatic heterocycles. The van der Waals surface area contributed by atoms with Crippen molar-refractivity contribution in [2.75, 3.05) is 0 Å². The predicted molar refractivity (Wildman–Crippen MR) is 74.5 cm³/mol. The first kappa shape index (κ1) is 17.0. The standard InChI is InChI=1S/C15H15F3N2O3/c1-9(7-11(21)12-3-2-6-23-12)20-14(22)10-4-5-13(19-8-10)15(16,17)18/h2-6,8-9,11,21H,7H2,1H3,(H,20,22)/t9-,11+/m1/s1. The molecule has 8 heteroatoms. The van der Waals surface area contributed by atoms with Gasteiger partial charge in [0.1, 0.15) is 17.6 Å². The lowest BCUT2D eigenvalue weighted by Crippen LogP contribution is -2.33. The van der Waals surface area contributed by atoms with Gasteiger partial charge in [0, 0.05) is 18.7 Å². The van der Waals surface area contributed by atoms with Crippen molar-refractivity contribution in [1.29, 1.82) is 0 Å². The largest absolute Gasteiger partial charge is 0.467 e. The van der Waals surface area contributed by atoms with Gasteiger partial charge in [-0.25, -0.2) is 0 Å².